The minimum Gasteiger partial charge on any atom is -0.344 e. The topological polar surface area (TPSA) is 61.8 Å². The molecule has 1 aromatic rings. The second-order valence-electron chi connectivity index (χ2n) is 5.57. The summed E-state index contributed by atoms with van der Waals surface area (Å²) in [6, 6.07) is 6.01. The van der Waals surface area contributed by atoms with Gasteiger partial charge in [0.05, 0.1) is 5.69 Å². The molecule has 1 fully saturated rings. The number of nitrogens with one attached hydrogen (secondary N) is 1. The molecule has 0 bridgehead atoms. The van der Waals surface area contributed by atoms with Crippen LogP contribution >= 0.6 is 0 Å². The van der Waals surface area contributed by atoms with Crippen molar-refractivity contribution in [3.8, 4) is 0 Å². The van der Waals surface area contributed by atoms with E-state index in [1.807, 2.05) is 11.8 Å². The molecular formula is C16H19N3O2. The second kappa shape index (κ2) is 5.31. The number of amidine groups is 1. The van der Waals surface area contributed by atoms with Gasteiger partial charge in [0, 0.05) is 13.0 Å². The fourth-order valence-electron chi connectivity index (χ4n) is 2.92. The molecule has 0 aliphatic carbocycles. The number of aryl methyl sites for hydroxylation is 1. The van der Waals surface area contributed by atoms with Crippen molar-refractivity contribution in [3.63, 3.8) is 0 Å². The van der Waals surface area contributed by atoms with E-state index in [1.165, 1.54) is 5.56 Å². The second-order valence-corrected chi connectivity index (χ2v) is 5.57. The molecule has 0 radical (unpaired) electrons. The summed E-state index contributed by atoms with van der Waals surface area (Å²) in [5.41, 5.74) is 3.39. The summed E-state index contributed by atoms with van der Waals surface area (Å²) < 4.78 is 0. The number of amides is 2. The Bertz CT molecular complexity index is 636. The van der Waals surface area contributed by atoms with E-state index in [2.05, 4.69) is 35.4 Å². The molecule has 0 spiro atoms. The van der Waals surface area contributed by atoms with Crippen LogP contribution < -0.4 is 5.32 Å². The maximum Gasteiger partial charge on any atom is 0.249 e. The molecule has 0 aromatic heterocycles. The number of carbonyl (C=O) groups is 2. The standard InChI is InChI=1S/C16H19N3O2/c1-3-11-4-5-12-9-19(10(2)17-13(12)8-11)14-6-7-15(20)18-16(14)21/h4-5,8,14H,3,6-7,9H2,1-2H3,(H,18,20,21). The number of nitrogens with zero attached hydrogens (tertiary/aromatic N) is 2. The van der Waals surface area contributed by atoms with Crippen molar-refractivity contribution >= 4 is 23.3 Å². The number of benzene rings is 1. The number of piperidine rings is 1. The number of imide groups is 1. The van der Waals surface area contributed by atoms with Crippen LogP contribution in [0.4, 0.5) is 5.69 Å². The summed E-state index contributed by atoms with van der Waals surface area (Å²) in [6.07, 6.45) is 1.93. The minimum atomic E-state index is -0.301. The van der Waals surface area contributed by atoms with Crippen molar-refractivity contribution in [2.45, 2.75) is 45.7 Å². The molecule has 1 N–H and O–H groups in total. The molecule has 1 saturated heterocycles. The van der Waals surface area contributed by atoms with Crippen LogP contribution in [-0.2, 0) is 22.6 Å². The van der Waals surface area contributed by atoms with E-state index in [0.717, 1.165) is 23.5 Å². The largest absolute Gasteiger partial charge is 0.344 e. The van der Waals surface area contributed by atoms with E-state index in [4.69, 9.17) is 0 Å². The Labute approximate surface area is 124 Å². The van der Waals surface area contributed by atoms with Crippen LogP contribution in [0.15, 0.2) is 23.2 Å². The van der Waals surface area contributed by atoms with Gasteiger partial charge in [-0.15, -0.1) is 0 Å². The van der Waals surface area contributed by atoms with Crippen molar-refractivity contribution < 1.29 is 9.59 Å². The molecule has 2 amide bonds. The van der Waals surface area contributed by atoms with E-state index in [1.54, 1.807) is 0 Å². The SMILES string of the molecule is CCc1ccc2c(c1)N=C(C)N(C1CCC(=O)NC1=O)C2. The molecule has 21 heavy (non-hydrogen) atoms. The Morgan fingerprint density at radius 2 is 2.19 bits per heavy atom. The predicted octanol–water partition coefficient (Wildman–Crippen LogP) is 1.92. The quantitative estimate of drug-likeness (QED) is 0.844. The Morgan fingerprint density at radius 1 is 1.38 bits per heavy atom. The highest BCUT2D eigenvalue weighted by atomic mass is 16.2. The van der Waals surface area contributed by atoms with E-state index >= 15 is 0 Å². The lowest BCUT2D eigenvalue weighted by atomic mass is 10.0. The Morgan fingerprint density at radius 3 is 2.90 bits per heavy atom. The third kappa shape index (κ3) is 2.55. The number of fused-ring (bicyclic) bond motifs is 1. The minimum absolute atomic E-state index is 0.184. The van der Waals surface area contributed by atoms with E-state index < -0.39 is 0 Å². The highest BCUT2D eigenvalue weighted by Crippen LogP contribution is 2.30. The summed E-state index contributed by atoms with van der Waals surface area (Å²) in [6.45, 7) is 4.71. The zero-order valence-electron chi connectivity index (χ0n) is 12.3. The smallest absolute Gasteiger partial charge is 0.249 e. The molecular weight excluding hydrogens is 266 g/mol. The molecule has 2 heterocycles. The first kappa shape index (κ1) is 13.8. The van der Waals surface area contributed by atoms with Gasteiger partial charge < -0.3 is 4.90 Å². The van der Waals surface area contributed by atoms with Gasteiger partial charge in [0.15, 0.2) is 0 Å². The van der Waals surface area contributed by atoms with Gasteiger partial charge in [-0.25, -0.2) is 4.99 Å². The van der Waals surface area contributed by atoms with Gasteiger partial charge in [-0.3, -0.25) is 14.9 Å². The molecule has 1 unspecified atom stereocenters. The van der Waals surface area contributed by atoms with Gasteiger partial charge in [-0.05, 0) is 37.0 Å². The van der Waals surface area contributed by atoms with Gasteiger partial charge in [0.2, 0.25) is 11.8 Å². The Hall–Kier alpha value is -2.17. The van der Waals surface area contributed by atoms with Crippen molar-refractivity contribution in [2.24, 2.45) is 4.99 Å². The van der Waals surface area contributed by atoms with Crippen LogP contribution in [0, 0.1) is 0 Å². The van der Waals surface area contributed by atoms with Crippen molar-refractivity contribution in [3.05, 3.63) is 29.3 Å². The molecule has 1 aromatic carbocycles. The molecule has 3 rings (SSSR count). The van der Waals surface area contributed by atoms with E-state index in [0.29, 0.717) is 19.4 Å². The summed E-state index contributed by atoms with van der Waals surface area (Å²) in [5.74, 6) is 0.440. The summed E-state index contributed by atoms with van der Waals surface area (Å²) >= 11 is 0. The van der Waals surface area contributed by atoms with Crippen molar-refractivity contribution in [1.82, 2.24) is 10.2 Å². The van der Waals surface area contributed by atoms with Crippen LogP contribution in [-0.4, -0.2) is 28.6 Å². The average Bonchev–Trinajstić information content (AvgIpc) is 2.46. The molecule has 0 saturated carbocycles. The Kier molecular flexibility index (Phi) is 3.49. The summed E-state index contributed by atoms with van der Waals surface area (Å²) in [5, 5.41) is 2.41. The lowest BCUT2D eigenvalue weighted by molar-refractivity contribution is -0.136. The van der Waals surface area contributed by atoms with Crippen molar-refractivity contribution in [1.29, 1.82) is 0 Å². The lowest BCUT2D eigenvalue weighted by Gasteiger charge is -2.36. The zero-order valence-corrected chi connectivity index (χ0v) is 12.3. The third-order valence-corrected chi connectivity index (χ3v) is 4.18. The summed E-state index contributed by atoms with van der Waals surface area (Å²) in [4.78, 5) is 29.9. The first-order valence-corrected chi connectivity index (χ1v) is 7.36. The van der Waals surface area contributed by atoms with Crippen LogP contribution in [0.1, 0.15) is 37.8 Å². The lowest BCUT2D eigenvalue weighted by Crippen LogP contribution is -2.54. The highest BCUT2D eigenvalue weighted by molar-refractivity contribution is 6.02. The highest BCUT2D eigenvalue weighted by Gasteiger charge is 2.34. The summed E-state index contributed by atoms with van der Waals surface area (Å²) in [7, 11) is 0. The number of aliphatic imine (C=N–C) groups is 1. The molecule has 2 aliphatic rings. The van der Waals surface area contributed by atoms with Gasteiger partial charge >= 0.3 is 0 Å². The fourth-order valence-corrected chi connectivity index (χ4v) is 2.92. The monoisotopic (exact) mass is 285 g/mol. The number of hydrogen-bond acceptors (Lipinski definition) is 4. The van der Waals surface area contributed by atoms with Gasteiger partial charge in [0.1, 0.15) is 11.9 Å². The third-order valence-electron chi connectivity index (χ3n) is 4.18. The first-order chi connectivity index (χ1) is 10.1. The van der Waals surface area contributed by atoms with Crippen LogP contribution in [0.5, 0.6) is 0 Å². The number of rotatable bonds is 2. The maximum atomic E-state index is 12.0. The van der Waals surface area contributed by atoms with Crippen LogP contribution in [0.2, 0.25) is 0 Å². The van der Waals surface area contributed by atoms with E-state index in [-0.39, 0.29) is 17.9 Å². The van der Waals surface area contributed by atoms with Crippen LogP contribution in [0.3, 0.4) is 0 Å². The molecule has 5 nitrogen and oxygen atoms in total. The molecule has 2 aliphatic heterocycles. The molecule has 1 atom stereocenters. The van der Waals surface area contributed by atoms with Gasteiger partial charge in [-0.2, -0.15) is 0 Å². The predicted molar refractivity (Wildman–Crippen MR) is 80.3 cm³/mol. The van der Waals surface area contributed by atoms with Gasteiger partial charge in [0.25, 0.3) is 0 Å². The average molecular weight is 285 g/mol. The molecule has 110 valence electrons. The number of carbonyl (C=O) groups excluding carboxylic acids is 2. The normalized spacial score (nSPS) is 21.7. The van der Waals surface area contributed by atoms with Crippen LogP contribution in [0.25, 0.3) is 0 Å². The zero-order chi connectivity index (χ0) is 15.0. The fraction of sp³-hybridized carbons (Fsp3) is 0.438. The Balaban J connectivity index is 1.87. The molecule has 5 heteroatoms. The van der Waals surface area contributed by atoms with E-state index in [9.17, 15) is 9.59 Å². The number of hydrogen-bond donors (Lipinski definition) is 1. The van der Waals surface area contributed by atoms with Crippen molar-refractivity contribution in [2.75, 3.05) is 0 Å². The first-order valence-electron chi connectivity index (χ1n) is 7.36. The maximum absolute atomic E-state index is 12.0. The van der Waals surface area contributed by atoms with Gasteiger partial charge in [-0.1, -0.05) is 19.1 Å².